The van der Waals surface area contributed by atoms with Crippen LogP contribution in [0.2, 0.25) is 0 Å². The number of furan rings is 1. The molecule has 2 aromatic rings. The van der Waals surface area contributed by atoms with Crippen LogP contribution in [0, 0.1) is 6.92 Å². The van der Waals surface area contributed by atoms with E-state index in [0.717, 1.165) is 11.5 Å². The quantitative estimate of drug-likeness (QED) is 0.835. The van der Waals surface area contributed by atoms with Crippen LogP contribution < -0.4 is 4.74 Å². The minimum absolute atomic E-state index is 0.233. The zero-order valence-electron chi connectivity index (χ0n) is 8.43. The monoisotopic (exact) mass is 204 g/mol. The van der Waals surface area contributed by atoms with E-state index in [2.05, 4.69) is 0 Å². The van der Waals surface area contributed by atoms with Crippen molar-refractivity contribution >= 4 is 0 Å². The maximum Gasteiger partial charge on any atom is 0.146 e. The Bertz CT molecular complexity index is 428. The molecule has 1 aromatic heterocycles. The Morgan fingerprint density at radius 3 is 2.47 bits per heavy atom. The molecule has 0 fully saturated rings. The van der Waals surface area contributed by atoms with Gasteiger partial charge in [-0.3, -0.25) is 0 Å². The molecule has 78 valence electrons. The fourth-order valence-electron chi connectivity index (χ4n) is 1.26. The molecule has 0 atom stereocenters. The molecule has 0 spiro atoms. The first-order chi connectivity index (χ1) is 7.24. The number of phenolic OH excluding ortho intramolecular Hbond substituents is 1. The molecule has 3 nitrogen and oxygen atoms in total. The highest BCUT2D eigenvalue weighted by molar-refractivity contribution is 5.30. The smallest absolute Gasteiger partial charge is 0.146 e. The molecule has 0 aliphatic rings. The Kier molecular flexibility index (Phi) is 2.63. The Labute approximate surface area is 87.9 Å². The van der Waals surface area contributed by atoms with Gasteiger partial charge >= 0.3 is 0 Å². The normalized spacial score (nSPS) is 10.2. The van der Waals surface area contributed by atoms with E-state index in [1.54, 1.807) is 24.3 Å². The molecule has 3 heteroatoms. The molecule has 15 heavy (non-hydrogen) atoms. The zero-order valence-corrected chi connectivity index (χ0v) is 8.43. The summed E-state index contributed by atoms with van der Waals surface area (Å²) in [6.07, 6.45) is 0. The minimum Gasteiger partial charge on any atom is -0.508 e. The third-order valence-electron chi connectivity index (χ3n) is 2.01. The van der Waals surface area contributed by atoms with Gasteiger partial charge in [0.15, 0.2) is 0 Å². The van der Waals surface area contributed by atoms with Crippen molar-refractivity contribution in [3.63, 3.8) is 0 Å². The molecular formula is C12H12O3. The largest absolute Gasteiger partial charge is 0.508 e. The van der Waals surface area contributed by atoms with Crippen LogP contribution in [0.3, 0.4) is 0 Å². The van der Waals surface area contributed by atoms with Crippen LogP contribution in [0.5, 0.6) is 11.5 Å². The fourth-order valence-corrected chi connectivity index (χ4v) is 1.26. The van der Waals surface area contributed by atoms with Gasteiger partial charge in [-0.1, -0.05) is 0 Å². The molecule has 0 saturated carbocycles. The Hall–Kier alpha value is -1.90. The third-order valence-corrected chi connectivity index (χ3v) is 2.01. The lowest BCUT2D eigenvalue weighted by Gasteiger charge is -2.03. The van der Waals surface area contributed by atoms with Crippen molar-refractivity contribution in [1.29, 1.82) is 0 Å². The number of hydrogen-bond donors (Lipinski definition) is 1. The summed E-state index contributed by atoms with van der Waals surface area (Å²) in [5, 5.41) is 9.07. The molecule has 0 radical (unpaired) electrons. The number of phenols is 1. The first-order valence-electron chi connectivity index (χ1n) is 4.71. The standard InChI is InChI=1S/C12H12O3/c1-9-2-5-12(15-9)8-14-11-6-3-10(13)4-7-11/h2-7,13H,8H2,1H3. The topological polar surface area (TPSA) is 42.6 Å². The van der Waals surface area contributed by atoms with E-state index in [1.807, 2.05) is 19.1 Å². The lowest BCUT2D eigenvalue weighted by Crippen LogP contribution is -1.92. The van der Waals surface area contributed by atoms with E-state index in [1.165, 1.54) is 0 Å². The second kappa shape index (κ2) is 4.09. The summed E-state index contributed by atoms with van der Waals surface area (Å²) in [4.78, 5) is 0. The fraction of sp³-hybridized carbons (Fsp3) is 0.167. The number of benzene rings is 1. The Morgan fingerprint density at radius 1 is 1.13 bits per heavy atom. The van der Waals surface area contributed by atoms with Gasteiger partial charge in [-0.15, -0.1) is 0 Å². The summed E-state index contributed by atoms with van der Waals surface area (Å²) in [5.74, 6) is 2.61. The molecule has 0 aliphatic heterocycles. The zero-order chi connectivity index (χ0) is 10.7. The molecule has 2 rings (SSSR count). The lowest BCUT2D eigenvalue weighted by molar-refractivity contribution is 0.267. The Morgan fingerprint density at radius 2 is 1.87 bits per heavy atom. The predicted octanol–water partition coefficient (Wildman–Crippen LogP) is 2.87. The van der Waals surface area contributed by atoms with Gasteiger partial charge in [0.25, 0.3) is 0 Å². The van der Waals surface area contributed by atoms with Crippen molar-refractivity contribution in [3.8, 4) is 11.5 Å². The minimum atomic E-state index is 0.233. The molecule has 0 bridgehead atoms. The number of rotatable bonds is 3. The van der Waals surface area contributed by atoms with Crippen LogP contribution in [0.15, 0.2) is 40.8 Å². The second-order valence-electron chi connectivity index (χ2n) is 3.29. The van der Waals surface area contributed by atoms with Gasteiger partial charge in [-0.2, -0.15) is 0 Å². The van der Waals surface area contributed by atoms with Gasteiger partial charge in [0, 0.05) is 0 Å². The van der Waals surface area contributed by atoms with Crippen molar-refractivity contribution in [1.82, 2.24) is 0 Å². The average Bonchev–Trinajstić information content (AvgIpc) is 2.64. The Balaban J connectivity index is 1.96. The summed E-state index contributed by atoms with van der Waals surface area (Å²) >= 11 is 0. The highest BCUT2D eigenvalue weighted by atomic mass is 16.5. The van der Waals surface area contributed by atoms with Crippen molar-refractivity contribution in [2.24, 2.45) is 0 Å². The van der Waals surface area contributed by atoms with Crippen LogP contribution in [0.25, 0.3) is 0 Å². The van der Waals surface area contributed by atoms with E-state index in [4.69, 9.17) is 14.3 Å². The van der Waals surface area contributed by atoms with Crippen LogP contribution in [-0.4, -0.2) is 5.11 Å². The molecule has 0 amide bonds. The summed E-state index contributed by atoms with van der Waals surface area (Å²) in [6, 6.07) is 10.4. The molecule has 0 aliphatic carbocycles. The van der Waals surface area contributed by atoms with E-state index < -0.39 is 0 Å². The lowest BCUT2D eigenvalue weighted by atomic mass is 10.3. The number of hydrogen-bond acceptors (Lipinski definition) is 3. The number of aryl methyl sites for hydroxylation is 1. The van der Waals surface area contributed by atoms with Gasteiger partial charge in [0.05, 0.1) is 0 Å². The molecule has 0 unspecified atom stereocenters. The highest BCUT2D eigenvalue weighted by Gasteiger charge is 1.99. The third kappa shape index (κ3) is 2.53. The van der Waals surface area contributed by atoms with E-state index in [0.29, 0.717) is 12.4 Å². The van der Waals surface area contributed by atoms with Crippen molar-refractivity contribution in [2.45, 2.75) is 13.5 Å². The predicted molar refractivity (Wildman–Crippen MR) is 55.9 cm³/mol. The number of ether oxygens (including phenoxy) is 1. The van der Waals surface area contributed by atoms with Gasteiger partial charge in [0.2, 0.25) is 0 Å². The van der Waals surface area contributed by atoms with Crippen molar-refractivity contribution in [2.75, 3.05) is 0 Å². The van der Waals surface area contributed by atoms with Gasteiger partial charge in [-0.25, -0.2) is 0 Å². The number of aromatic hydroxyl groups is 1. The van der Waals surface area contributed by atoms with E-state index in [9.17, 15) is 0 Å². The van der Waals surface area contributed by atoms with Gasteiger partial charge in [-0.05, 0) is 43.3 Å². The summed E-state index contributed by atoms with van der Waals surface area (Å²) in [7, 11) is 0. The van der Waals surface area contributed by atoms with Crippen LogP contribution in [0.1, 0.15) is 11.5 Å². The van der Waals surface area contributed by atoms with Gasteiger partial charge in [0.1, 0.15) is 29.6 Å². The molecule has 1 N–H and O–H groups in total. The first kappa shape index (κ1) is 9.65. The van der Waals surface area contributed by atoms with Gasteiger partial charge < -0.3 is 14.3 Å². The van der Waals surface area contributed by atoms with E-state index >= 15 is 0 Å². The molecule has 1 heterocycles. The summed E-state index contributed by atoms with van der Waals surface area (Å²) in [5.41, 5.74) is 0. The highest BCUT2D eigenvalue weighted by Crippen LogP contribution is 2.17. The van der Waals surface area contributed by atoms with Crippen LogP contribution in [-0.2, 0) is 6.61 Å². The van der Waals surface area contributed by atoms with Crippen LogP contribution >= 0.6 is 0 Å². The average molecular weight is 204 g/mol. The van der Waals surface area contributed by atoms with Crippen molar-refractivity contribution in [3.05, 3.63) is 47.9 Å². The maximum absolute atomic E-state index is 9.07. The van der Waals surface area contributed by atoms with E-state index in [-0.39, 0.29) is 5.75 Å². The second-order valence-corrected chi connectivity index (χ2v) is 3.29. The SMILES string of the molecule is Cc1ccc(COc2ccc(O)cc2)o1. The molecule has 0 saturated heterocycles. The maximum atomic E-state index is 9.07. The molecule has 1 aromatic carbocycles. The summed E-state index contributed by atoms with van der Waals surface area (Å²) < 4.78 is 10.8. The van der Waals surface area contributed by atoms with Crippen molar-refractivity contribution < 1.29 is 14.3 Å². The first-order valence-corrected chi connectivity index (χ1v) is 4.71. The summed E-state index contributed by atoms with van der Waals surface area (Å²) in [6.45, 7) is 2.29. The molecular weight excluding hydrogens is 192 g/mol. The van der Waals surface area contributed by atoms with Crippen LogP contribution in [0.4, 0.5) is 0 Å².